The number of rotatable bonds is 7. The van der Waals surface area contributed by atoms with E-state index in [1.165, 1.54) is 0 Å². The molecular formula is C21H25N3O3. The first kappa shape index (κ1) is 18.9. The first-order chi connectivity index (χ1) is 13.2. The third-order valence-electron chi connectivity index (χ3n) is 4.71. The zero-order valence-corrected chi connectivity index (χ0v) is 15.5. The van der Waals surface area contributed by atoms with Crippen LogP contribution in [0, 0.1) is 0 Å². The van der Waals surface area contributed by atoms with E-state index in [2.05, 4.69) is 15.5 Å². The number of hydrogen-bond acceptors (Lipinski definition) is 4. The lowest BCUT2D eigenvalue weighted by Crippen LogP contribution is -2.40. The van der Waals surface area contributed by atoms with Crippen molar-refractivity contribution in [1.29, 1.82) is 0 Å². The van der Waals surface area contributed by atoms with Gasteiger partial charge < -0.3 is 15.4 Å². The number of benzene rings is 2. The van der Waals surface area contributed by atoms with Crippen molar-refractivity contribution in [2.45, 2.75) is 25.3 Å². The van der Waals surface area contributed by atoms with Crippen molar-refractivity contribution in [1.82, 2.24) is 4.90 Å². The van der Waals surface area contributed by atoms with Crippen LogP contribution in [0.4, 0.5) is 11.4 Å². The molecule has 2 aromatic rings. The molecule has 0 saturated carbocycles. The van der Waals surface area contributed by atoms with E-state index in [9.17, 15) is 9.59 Å². The van der Waals surface area contributed by atoms with Crippen molar-refractivity contribution in [2.75, 3.05) is 30.8 Å². The maximum Gasteiger partial charge on any atom is 0.241 e. The maximum absolute atomic E-state index is 12.6. The van der Waals surface area contributed by atoms with Crippen LogP contribution in [0.25, 0.3) is 0 Å². The second-order valence-electron chi connectivity index (χ2n) is 6.58. The second kappa shape index (κ2) is 9.19. The molecule has 1 atom stereocenters. The van der Waals surface area contributed by atoms with E-state index in [1.807, 2.05) is 54.6 Å². The minimum Gasteiger partial charge on any atom is -0.497 e. The number of likely N-dealkylation sites (tertiary alicyclic amines) is 1. The van der Waals surface area contributed by atoms with Crippen LogP contribution in [0.15, 0.2) is 54.6 Å². The zero-order valence-electron chi connectivity index (χ0n) is 15.5. The van der Waals surface area contributed by atoms with E-state index in [0.29, 0.717) is 13.0 Å². The average Bonchev–Trinajstić information content (AvgIpc) is 3.16. The molecule has 142 valence electrons. The van der Waals surface area contributed by atoms with E-state index >= 15 is 0 Å². The third kappa shape index (κ3) is 5.31. The van der Waals surface area contributed by atoms with Crippen LogP contribution in [-0.4, -0.2) is 43.0 Å². The van der Waals surface area contributed by atoms with Gasteiger partial charge in [-0.2, -0.15) is 0 Å². The van der Waals surface area contributed by atoms with Gasteiger partial charge >= 0.3 is 0 Å². The number of methoxy groups -OCH3 is 1. The average molecular weight is 367 g/mol. The first-order valence-electron chi connectivity index (χ1n) is 9.19. The Bertz CT molecular complexity index is 762. The molecule has 2 amide bonds. The molecule has 0 radical (unpaired) electrons. The standard InChI is InChI=1S/C21H25N3O3/c1-27-18-11-9-17(10-12-18)23-21(26)19-8-5-14-24(19)15-13-20(25)22-16-6-3-2-4-7-16/h2-4,6-7,9-12,19H,5,8,13-15H2,1H3,(H,22,25)(H,23,26)/t19-/m0/s1. The normalized spacial score (nSPS) is 16.7. The Morgan fingerprint density at radius 2 is 1.74 bits per heavy atom. The van der Waals surface area contributed by atoms with E-state index in [0.717, 1.165) is 36.5 Å². The Kier molecular flexibility index (Phi) is 6.44. The topological polar surface area (TPSA) is 70.7 Å². The van der Waals surface area contributed by atoms with Crippen molar-refractivity contribution in [3.8, 4) is 5.75 Å². The van der Waals surface area contributed by atoms with Gasteiger partial charge in [0, 0.05) is 24.3 Å². The summed E-state index contributed by atoms with van der Waals surface area (Å²) in [5.41, 5.74) is 1.53. The molecule has 1 fully saturated rings. The van der Waals surface area contributed by atoms with Gasteiger partial charge in [-0.25, -0.2) is 0 Å². The predicted octanol–water partition coefficient (Wildman–Crippen LogP) is 3.13. The number of hydrogen-bond donors (Lipinski definition) is 2. The van der Waals surface area contributed by atoms with Crippen molar-refractivity contribution in [2.24, 2.45) is 0 Å². The van der Waals surface area contributed by atoms with Gasteiger partial charge in [-0.3, -0.25) is 14.5 Å². The fourth-order valence-corrected chi connectivity index (χ4v) is 3.28. The van der Waals surface area contributed by atoms with Crippen molar-refractivity contribution >= 4 is 23.2 Å². The highest BCUT2D eigenvalue weighted by atomic mass is 16.5. The summed E-state index contributed by atoms with van der Waals surface area (Å²) in [5, 5.41) is 5.84. The Morgan fingerprint density at radius 1 is 1.04 bits per heavy atom. The van der Waals surface area contributed by atoms with Gasteiger partial charge in [0.1, 0.15) is 5.75 Å². The summed E-state index contributed by atoms with van der Waals surface area (Å²) in [6.07, 6.45) is 2.13. The molecule has 0 bridgehead atoms. The van der Waals surface area contributed by atoms with Crippen LogP contribution < -0.4 is 15.4 Å². The predicted molar refractivity (Wildman–Crippen MR) is 106 cm³/mol. The summed E-state index contributed by atoms with van der Waals surface area (Å²) in [6.45, 7) is 1.40. The minimum absolute atomic E-state index is 0.0267. The smallest absolute Gasteiger partial charge is 0.241 e. The van der Waals surface area contributed by atoms with Gasteiger partial charge in [-0.05, 0) is 55.8 Å². The molecule has 2 N–H and O–H groups in total. The number of anilines is 2. The molecule has 0 unspecified atom stereocenters. The highest BCUT2D eigenvalue weighted by molar-refractivity contribution is 5.95. The van der Waals surface area contributed by atoms with Crippen LogP contribution in [0.1, 0.15) is 19.3 Å². The monoisotopic (exact) mass is 367 g/mol. The fraction of sp³-hybridized carbons (Fsp3) is 0.333. The van der Waals surface area contributed by atoms with Gasteiger partial charge in [-0.1, -0.05) is 18.2 Å². The van der Waals surface area contributed by atoms with Gasteiger partial charge in [0.05, 0.1) is 13.2 Å². The van der Waals surface area contributed by atoms with Gasteiger partial charge in [-0.15, -0.1) is 0 Å². The van der Waals surface area contributed by atoms with E-state index in [1.54, 1.807) is 7.11 Å². The SMILES string of the molecule is COc1ccc(NC(=O)[C@@H]2CCCN2CCC(=O)Nc2ccccc2)cc1. The molecule has 1 aliphatic heterocycles. The van der Waals surface area contributed by atoms with E-state index in [4.69, 9.17) is 4.74 Å². The van der Waals surface area contributed by atoms with Crippen molar-refractivity contribution in [3.05, 3.63) is 54.6 Å². The molecule has 3 rings (SSSR count). The first-order valence-corrected chi connectivity index (χ1v) is 9.19. The molecule has 0 spiro atoms. The number of para-hydroxylation sites is 1. The van der Waals surface area contributed by atoms with Crippen LogP contribution in [-0.2, 0) is 9.59 Å². The van der Waals surface area contributed by atoms with Crippen LogP contribution in [0.5, 0.6) is 5.75 Å². The number of ether oxygens (including phenoxy) is 1. The summed E-state index contributed by atoms with van der Waals surface area (Å²) >= 11 is 0. The molecule has 27 heavy (non-hydrogen) atoms. The Morgan fingerprint density at radius 3 is 2.44 bits per heavy atom. The van der Waals surface area contributed by atoms with E-state index < -0.39 is 0 Å². The molecule has 0 aromatic heterocycles. The van der Waals surface area contributed by atoms with Crippen LogP contribution in [0.2, 0.25) is 0 Å². The van der Waals surface area contributed by atoms with Crippen LogP contribution in [0.3, 0.4) is 0 Å². The molecule has 0 aliphatic carbocycles. The molecule has 1 saturated heterocycles. The molecule has 1 aliphatic rings. The molecule has 2 aromatic carbocycles. The lowest BCUT2D eigenvalue weighted by Gasteiger charge is -2.23. The number of carbonyl (C=O) groups is 2. The third-order valence-corrected chi connectivity index (χ3v) is 4.71. The molecular weight excluding hydrogens is 342 g/mol. The Hall–Kier alpha value is -2.86. The number of nitrogens with zero attached hydrogens (tertiary/aromatic N) is 1. The molecule has 1 heterocycles. The maximum atomic E-state index is 12.6. The van der Waals surface area contributed by atoms with Crippen molar-refractivity contribution < 1.29 is 14.3 Å². The Balaban J connectivity index is 1.50. The number of nitrogens with one attached hydrogen (secondary N) is 2. The summed E-state index contributed by atoms with van der Waals surface area (Å²) in [6, 6.07) is 16.5. The van der Waals surface area contributed by atoms with Gasteiger partial charge in [0.2, 0.25) is 11.8 Å². The van der Waals surface area contributed by atoms with Gasteiger partial charge in [0.15, 0.2) is 0 Å². The van der Waals surface area contributed by atoms with Crippen LogP contribution >= 0.6 is 0 Å². The minimum atomic E-state index is -0.198. The highest BCUT2D eigenvalue weighted by Gasteiger charge is 2.30. The molecule has 6 heteroatoms. The molecule has 6 nitrogen and oxygen atoms in total. The highest BCUT2D eigenvalue weighted by Crippen LogP contribution is 2.21. The quantitative estimate of drug-likeness (QED) is 0.789. The second-order valence-corrected chi connectivity index (χ2v) is 6.58. The van der Waals surface area contributed by atoms with Gasteiger partial charge in [0.25, 0.3) is 0 Å². The summed E-state index contributed by atoms with van der Waals surface area (Å²) in [5.74, 6) is 0.684. The lowest BCUT2D eigenvalue weighted by molar-refractivity contribution is -0.121. The zero-order chi connectivity index (χ0) is 19.1. The summed E-state index contributed by atoms with van der Waals surface area (Å²) in [7, 11) is 1.61. The largest absolute Gasteiger partial charge is 0.497 e. The number of amides is 2. The van der Waals surface area contributed by atoms with Crippen molar-refractivity contribution in [3.63, 3.8) is 0 Å². The summed E-state index contributed by atoms with van der Waals surface area (Å²) < 4.78 is 5.13. The Labute approximate surface area is 159 Å². The summed E-state index contributed by atoms with van der Waals surface area (Å²) in [4.78, 5) is 26.9. The van der Waals surface area contributed by atoms with E-state index in [-0.39, 0.29) is 17.9 Å². The fourth-order valence-electron chi connectivity index (χ4n) is 3.28. The lowest BCUT2D eigenvalue weighted by atomic mass is 10.2. The number of carbonyl (C=O) groups excluding carboxylic acids is 2.